The summed E-state index contributed by atoms with van der Waals surface area (Å²) in [4.78, 5) is 0. The number of benzene rings is 1. The number of hydrogen-bond donors (Lipinski definition) is 2. The Labute approximate surface area is 98.2 Å². The maximum atomic E-state index is 6.01. The number of rotatable bonds is 5. The molecule has 0 unspecified atom stereocenters. The number of hydrogen-bond acceptors (Lipinski definition) is 2. The van der Waals surface area contributed by atoms with Crippen LogP contribution in [0.2, 0.25) is 0 Å². The van der Waals surface area contributed by atoms with Gasteiger partial charge in [-0.05, 0) is 29.9 Å². The molecule has 0 aromatic heterocycles. The van der Waals surface area contributed by atoms with Crippen LogP contribution in [-0.4, -0.2) is 12.1 Å². The molecule has 2 nitrogen and oxygen atoms in total. The first-order chi connectivity index (χ1) is 7.59. The van der Waals surface area contributed by atoms with Gasteiger partial charge in [0.15, 0.2) is 0 Å². The predicted octanol–water partition coefficient (Wildman–Crippen LogP) is 2.39. The van der Waals surface area contributed by atoms with E-state index in [9.17, 15) is 0 Å². The van der Waals surface area contributed by atoms with Crippen LogP contribution in [0.4, 0.5) is 0 Å². The molecular weight excluding hydrogens is 196 g/mol. The molecule has 1 aromatic rings. The SMILES string of the molecule is CC(C)c1ccc(CNCC2(N)CC2)cc1. The highest BCUT2D eigenvalue weighted by molar-refractivity contribution is 5.24. The molecule has 0 atom stereocenters. The van der Waals surface area contributed by atoms with Gasteiger partial charge in [0, 0.05) is 18.6 Å². The van der Waals surface area contributed by atoms with Gasteiger partial charge in [0.05, 0.1) is 0 Å². The summed E-state index contributed by atoms with van der Waals surface area (Å²) in [6.45, 7) is 6.31. The average Bonchev–Trinajstić information content (AvgIpc) is 2.97. The molecule has 0 bridgehead atoms. The third kappa shape index (κ3) is 3.06. The summed E-state index contributed by atoms with van der Waals surface area (Å²) in [5.74, 6) is 0.612. The molecule has 1 aromatic carbocycles. The van der Waals surface area contributed by atoms with Crippen LogP contribution in [0.5, 0.6) is 0 Å². The maximum absolute atomic E-state index is 6.01. The van der Waals surface area contributed by atoms with E-state index in [0.29, 0.717) is 5.92 Å². The largest absolute Gasteiger partial charge is 0.324 e. The molecule has 1 fully saturated rings. The summed E-state index contributed by atoms with van der Waals surface area (Å²) in [6, 6.07) is 8.85. The lowest BCUT2D eigenvalue weighted by atomic mass is 10.0. The molecule has 0 radical (unpaired) electrons. The first-order valence-electron chi connectivity index (χ1n) is 6.17. The zero-order valence-electron chi connectivity index (χ0n) is 10.3. The molecule has 1 aliphatic carbocycles. The van der Waals surface area contributed by atoms with Crippen molar-refractivity contribution in [2.45, 2.75) is 44.7 Å². The van der Waals surface area contributed by atoms with E-state index in [4.69, 9.17) is 5.73 Å². The van der Waals surface area contributed by atoms with E-state index in [1.54, 1.807) is 0 Å². The Hall–Kier alpha value is -0.860. The smallest absolute Gasteiger partial charge is 0.0282 e. The van der Waals surface area contributed by atoms with Crippen molar-refractivity contribution in [1.82, 2.24) is 5.32 Å². The Kier molecular flexibility index (Phi) is 3.31. The topological polar surface area (TPSA) is 38.0 Å². The summed E-state index contributed by atoms with van der Waals surface area (Å²) < 4.78 is 0. The standard InChI is InChI=1S/C14H22N2/c1-11(2)13-5-3-12(4-6-13)9-16-10-14(15)7-8-14/h3-6,11,16H,7-10,15H2,1-2H3. The summed E-state index contributed by atoms with van der Waals surface area (Å²) in [5.41, 5.74) is 8.87. The van der Waals surface area contributed by atoms with Crippen molar-refractivity contribution in [3.8, 4) is 0 Å². The molecule has 1 aliphatic rings. The van der Waals surface area contributed by atoms with Gasteiger partial charge in [-0.15, -0.1) is 0 Å². The lowest BCUT2D eigenvalue weighted by Gasteiger charge is -2.11. The van der Waals surface area contributed by atoms with Crippen LogP contribution in [0.3, 0.4) is 0 Å². The fourth-order valence-corrected chi connectivity index (χ4v) is 1.81. The van der Waals surface area contributed by atoms with Crippen molar-refractivity contribution in [2.75, 3.05) is 6.54 Å². The Morgan fingerprint density at radius 3 is 2.38 bits per heavy atom. The van der Waals surface area contributed by atoms with Crippen molar-refractivity contribution in [3.05, 3.63) is 35.4 Å². The van der Waals surface area contributed by atoms with Gasteiger partial charge in [-0.2, -0.15) is 0 Å². The van der Waals surface area contributed by atoms with Crippen LogP contribution < -0.4 is 11.1 Å². The van der Waals surface area contributed by atoms with Gasteiger partial charge in [0.25, 0.3) is 0 Å². The van der Waals surface area contributed by atoms with Crippen LogP contribution >= 0.6 is 0 Å². The molecule has 0 saturated heterocycles. The second kappa shape index (κ2) is 4.56. The fraction of sp³-hybridized carbons (Fsp3) is 0.571. The Bertz CT molecular complexity index is 336. The molecule has 2 heteroatoms. The number of nitrogens with one attached hydrogen (secondary N) is 1. The summed E-state index contributed by atoms with van der Waals surface area (Å²) in [5, 5.41) is 3.43. The Balaban J connectivity index is 1.80. The lowest BCUT2D eigenvalue weighted by Crippen LogP contribution is -2.35. The van der Waals surface area contributed by atoms with Crippen LogP contribution in [-0.2, 0) is 6.54 Å². The third-order valence-corrected chi connectivity index (χ3v) is 3.34. The normalized spacial score (nSPS) is 17.8. The fourth-order valence-electron chi connectivity index (χ4n) is 1.81. The van der Waals surface area contributed by atoms with E-state index >= 15 is 0 Å². The van der Waals surface area contributed by atoms with Gasteiger partial charge in [-0.1, -0.05) is 38.1 Å². The zero-order valence-corrected chi connectivity index (χ0v) is 10.3. The molecule has 0 aliphatic heterocycles. The van der Waals surface area contributed by atoms with E-state index in [1.807, 2.05) is 0 Å². The quantitative estimate of drug-likeness (QED) is 0.796. The summed E-state index contributed by atoms with van der Waals surface area (Å²) in [6.07, 6.45) is 2.35. The predicted molar refractivity (Wildman–Crippen MR) is 68.4 cm³/mol. The molecule has 0 spiro atoms. The molecule has 88 valence electrons. The Morgan fingerprint density at radius 1 is 1.25 bits per heavy atom. The van der Waals surface area contributed by atoms with Gasteiger partial charge in [0.1, 0.15) is 0 Å². The van der Waals surface area contributed by atoms with Crippen molar-refractivity contribution in [3.63, 3.8) is 0 Å². The number of nitrogens with two attached hydrogens (primary N) is 1. The van der Waals surface area contributed by atoms with Crippen LogP contribution in [0.25, 0.3) is 0 Å². The van der Waals surface area contributed by atoms with Crippen molar-refractivity contribution in [2.24, 2.45) is 5.73 Å². The van der Waals surface area contributed by atoms with Crippen LogP contribution in [0, 0.1) is 0 Å². The second-order valence-electron chi connectivity index (χ2n) is 5.36. The second-order valence-corrected chi connectivity index (χ2v) is 5.36. The molecule has 3 N–H and O–H groups in total. The first-order valence-corrected chi connectivity index (χ1v) is 6.17. The highest BCUT2D eigenvalue weighted by Gasteiger charge is 2.37. The molecule has 2 rings (SSSR count). The average molecular weight is 218 g/mol. The first kappa shape index (κ1) is 11.6. The van der Waals surface area contributed by atoms with Gasteiger partial charge in [-0.3, -0.25) is 0 Å². The van der Waals surface area contributed by atoms with Crippen molar-refractivity contribution < 1.29 is 0 Å². The third-order valence-electron chi connectivity index (χ3n) is 3.34. The van der Waals surface area contributed by atoms with E-state index < -0.39 is 0 Å². The monoisotopic (exact) mass is 218 g/mol. The molecule has 1 saturated carbocycles. The van der Waals surface area contributed by atoms with Gasteiger partial charge in [-0.25, -0.2) is 0 Å². The molecular formula is C14H22N2. The summed E-state index contributed by atoms with van der Waals surface area (Å²) in [7, 11) is 0. The van der Waals surface area contributed by atoms with Gasteiger partial charge >= 0.3 is 0 Å². The zero-order chi connectivity index (χ0) is 11.6. The minimum absolute atomic E-state index is 0.109. The van der Waals surface area contributed by atoms with E-state index in [2.05, 4.69) is 43.4 Å². The van der Waals surface area contributed by atoms with Crippen LogP contribution in [0.1, 0.15) is 43.7 Å². The molecule has 0 heterocycles. The highest BCUT2D eigenvalue weighted by atomic mass is 15.0. The van der Waals surface area contributed by atoms with Crippen molar-refractivity contribution >= 4 is 0 Å². The van der Waals surface area contributed by atoms with Gasteiger partial charge < -0.3 is 11.1 Å². The molecule has 16 heavy (non-hydrogen) atoms. The minimum Gasteiger partial charge on any atom is -0.324 e. The summed E-state index contributed by atoms with van der Waals surface area (Å²) >= 11 is 0. The van der Waals surface area contributed by atoms with E-state index in [-0.39, 0.29) is 5.54 Å². The molecule has 0 amide bonds. The lowest BCUT2D eigenvalue weighted by molar-refractivity contribution is 0.569. The van der Waals surface area contributed by atoms with E-state index in [0.717, 1.165) is 13.1 Å². The van der Waals surface area contributed by atoms with Crippen LogP contribution in [0.15, 0.2) is 24.3 Å². The highest BCUT2D eigenvalue weighted by Crippen LogP contribution is 2.31. The van der Waals surface area contributed by atoms with Gasteiger partial charge in [0.2, 0.25) is 0 Å². The van der Waals surface area contributed by atoms with Crippen molar-refractivity contribution in [1.29, 1.82) is 0 Å². The van der Waals surface area contributed by atoms with E-state index in [1.165, 1.54) is 24.0 Å². The maximum Gasteiger partial charge on any atom is 0.0282 e. The minimum atomic E-state index is 0.109. The Morgan fingerprint density at radius 2 is 1.88 bits per heavy atom.